The highest BCUT2D eigenvalue weighted by atomic mass is 35.5. The lowest BCUT2D eigenvalue weighted by Crippen LogP contribution is -2.41. The van der Waals surface area contributed by atoms with Crippen molar-refractivity contribution in [3.63, 3.8) is 0 Å². The van der Waals surface area contributed by atoms with Gasteiger partial charge < -0.3 is 15.1 Å². The highest BCUT2D eigenvalue weighted by Crippen LogP contribution is 2.23. The third-order valence-corrected chi connectivity index (χ3v) is 8.06. The fourth-order valence-corrected chi connectivity index (χ4v) is 5.95. The minimum absolute atomic E-state index is 0. The molecule has 4 rings (SSSR count). The van der Waals surface area contributed by atoms with Crippen molar-refractivity contribution in [1.29, 1.82) is 0 Å². The summed E-state index contributed by atoms with van der Waals surface area (Å²) < 4.78 is 0. The van der Waals surface area contributed by atoms with Crippen molar-refractivity contribution in [2.45, 2.75) is 64.2 Å². The largest absolute Gasteiger partial charge is 0.342 e. The Balaban J connectivity index is 0.00000342. The number of nitrogens with one attached hydrogen (secondary N) is 1. The van der Waals surface area contributed by atoms with Crippen LogP contribution in [0.25, 0.3) is 10.8 Å². The minimum Gasteiger partial charge on any atom is -0.342 e. The molecule has 1 aliphatic heterocycles. The predicted molar refractivity (Wildman–Crippen MR) is 150 cm³/mol. The van der Waals surface area contributed by atoms with Crippen LogP contribution in [0, 0.1) is 11.8 Å². The zero-order valence-corrected chi connectivity index (χ0v) is 22.5. The molecule has 0 radical (unpaired) electrons. The molecular weight excluding hydrogens is 454 g/mol. The summed E-state index contributed by atoms with van der Waals surface area (Å²) in [7, 11) is 2.27. The summed E-state index contributed by atoms with van der Waals surface area (Å²) in [6.07, 6.45) is 12.5. The van der Waals surface area contributed by atoms with Crippen molar-refractivity contribution < 1.29 is 4.79 Å². The van der Waals surface area contributed by atoms with E-state index >= 15 is 0 Å². The van der Waals surface area contributed by atoms with Gasteiger partial charge in [0, 0.05) is 19.6 Å². The lowest BCUT2D eigenvalue weighted by molar-refractivity contribution is -0.131. The van der Waals surface area contributed by atoms with E-state index in [1.807, 2.05) is 0 Å². The molecule has 2 aliphatic rings. The summed E-state index contributed by atoms with van der Waals surface area (Å²) in [6.45, 7) is 6.57. The van der Waals surface area contributed by atoms with Gasteiger partial charge in [0.15, 0.2) is 0 Å². The second kappa shape index (κ2) is 14.8. The molecule has 0 atom stereocenters. The number of hydrogen-bond donors (Lipinski definition) is 1. The van der Waals surface area contributed by atoms with Crippen molar-refractivity contribution in [1.82, 2.24) is 15.1 Å². The quantitative estimate of drug-likeness (QED) is 0.389. The van der Waals surface area contributed by atoms with Crippen LogP contribution in [-0.2, 0) is 11.2 Å². The van der Waals surface area contributed by atoms with Gasteiger partial charge in [-0.2, -0.15) is 0 Å². The molecule has 4 nitrogen and oxygen atoms in total. The molecule has 1 aliphatic carbocycles. The molecule has 1 heterocycles. The number of fused-ring (bicyclic) bond motifs is 1. The summed E-state index contributed by atoms with van der Waals surface area (Å²) in [5.41, 5.74) is 1.15. The maximum absolute atomic E-state index is 13.0. The van der Waals surface area contributed by atoms with Crippen LogP contribution in [0.5, 0.6) is 0 Å². The average molecular weight is 500 g/mol. The van der Waals surface area contributed by atoms with E-state index in [2.05, 4.69) is 64.6 Å². The molecule has 0 aromatic heterocycles. The Labute approximate surface area is 219 Å². The predicted octanol–water partition coefficient (Wildman–Crippen LogP) is 5.92. The third kappa shape index (κ3) is 8.77. The summed E-state index contributed by atoms with van der Waals surface area (Å²) in [4.78, 5) is 17.6. The van der Waals surface area contributed by atoms with Crippen molar-refractivity contribution in [3.05, 3.63) is 48.0 Å². The van der Waals surface area contributed by atoms with Gasteiger partial charge in [0.05, 0.1) is 6.42 Å². The van der Waals surface area contributed by atoms with E-state index in [1.165, 1.54) is 81.9 Å². The highest BCUT2D eigenvalue weighted by molar-refractivity contribution is 5.90. The van der Waals surface area contributed by atoms with Gasteiger partial charge in [-0.15, -0.1) is 12.4 Å². The number of amides is 1. The molecule has 1 saturated carbocycles. The number of benzene rings is 2. The topological polar surface area (TPSA) is 35.6 Å². The fourth-order valence-electron chi connectivity index (χ4n) is 5.95. The fraction of sp³-hybridized carbons (Fsp3) is 0.633. The number of nitrogens with zero attached hydrogens (tertiary/aromatic N) is 2. The van der Waals surface area contributed by atoms with Gasteiger partial charge in [0.2, 0.25) is 5.91 Å². The monoisotopic (exact) mass is 499 g/mol. The van der Waals surface area contributed by atoms with Crippen molar-refractivity contribution in [2.24, 2.45) is 11.8 Å². The second-order valence-corrected chi connectivity index (χ2v) is 10.8. The van der Waals surface area contributed by atoms with Crippen LogP contribution in [0.1, 0.15) is 63.4 Å². The van der Waals surface area contributed by atoms with E-state index in [9.17, 15) is 4.79 Å². The van der Waals surface area contributed by atoms with Crippen LogP contribution in [0.4, 0.5) is 0 Å². The molecule has 2 aromatic rings. The molecule has 1 amide bonds. The first kappa shape index (κ1) is 28.0. The Kier molecular flexibility index (Phi) is 11.8. The molecule has 2 aromatic carbocycles. The Bertz CT molecular complexity index is 885. The summed E-state index contributed by atoms with van der Waals surface area (Å²) >= 11 is 0. The molecule has 5 heteroatoms. The van der Waals surface area contributed by atoms with Crippen molar-refractivity contribution in [3.8, 4) is 0 Å². The van der Waals surface area contributed by atoms with Crippen LogP contribution in [-0.4, -0.2) is 62.0 Å². The number of piperidine rings is 1. The number of likely N-dealkylation sites (tertiary alicyclic amines) is 1. The molecule has 1 N–H and O–H groups in total. The van der Waals surface area contributed by atoms with E-state index < -0.39 is 0 Å². The molecule has 0 unspecified atom stereocenters. The Morgan fingerprint density at radius 3 is 2.49 bits per heavy atom. The summed E-state index contributed by atoms with van der Waals surface area (Å²) in [6, 6.07) is 14.7. The maximum atomic E-state index is 13.0. The van der Waals surface area contributed by atoms with E-state index in [0.717, 1.165) is 43.3 Å². The second-order valence-electron chi connectivity index (χ2n) is 10.8. The number of carbonyl (C=O) groups is 1. The lowest BCUT2D eigenvalue weighted by Gasteiger charge is -2.34. The SMILES string of the molecule is CN(CCCCNCC1CCCCC1)CC1CCN(C(=O)Cc2cccc3ccccc23)CC1.Cl. The number of unbranched alkanes of at least 4 members (excludes halogenated alkanes) is 1. The number of rotatable bonds is 11. The Morgan fingerprint density at radius 2 is 1.69 bits per heavy atom. The normalized spacial score (nSPS) is 17.6. The maximum Gasteiger partial charge on any atom is 0.227 e. The first-order valence-corrected chi connectivity index (χ1v) is 13.8. The zero-order chi connectivity index (χ0) is 23.6. The van der Waals surface area contributed by atoms with Gasteiger partial charge in [0.1, 0.15) is 0 Å². The number of halogens is 1. The Hall–Kier alpha value is -1.62. The van der Waals surface area contributed by atoms with Crippen LogP contribution in [0.2, 0.25) is 0 Å². The number of carbonyl (C=O) groups excluding carboxylic acids is 1. The minimum atomic E-state index is 0. The van der Waals surface area contributed by atoms with Gasteiger partial charge in [0.25, 0.3) is 0 Å². The highest BCUT2D eigenvalue weighted by Gasteiger charge is 2.24. The molecule has 194 valence electrons. The summed E-state index contributed by atoms with van der Waals surface area (Å²) in [5, 5.41) is 6.12. The first-order chi connectivity index (χ1) is 16.7. The first-order valence-electron chi connectivity index (χ1n) is 13.8. The average Bonchev–Trinajstić information content (AvgIpc) is 2.87. The van der Waals surface area contributed by atoms with Crippen LogP contribution in [0.15, 0.2) is 42.5 Å². The van der Waals surface area contributed by atoms with E-state index in [0.29, 0.717) is 6.42 Å². The van der Waals surface area contributed by atoms with E-state index in [-0.39, 0.29) is 18.3 Å². The Morgan fingerprint density at radius 1 is 0.943 bits per heavy atom. The summed E-state index contributed by atoms with van der Waals surface area (Å²) in [5.74, 6) is 1.93. The van der Waals surface area contributed by atoms with Crippen LogP contribution >= 0.6 is 12.4 Å². The van der Waals surface area contributed by atoms with Crippen LogP contribution < -0.4 is 5.32 Å². The number of hydrogen-bond acceptors (Lipinski definition) is 3. The molecule has 0 bridgehead atoms. The van der Waals surface area contributed by atoms with Crippen molar-refractivity contribution >= 4 is 29.1 Å². The molecule has 2 fully saturated rings. The molecule has 35 heavy (non-hydrogen) atoms. The van der Waals surface area contributed by atoms with Gasteiger partial charge >= 0.3 is 0 Å². The lowest BCUT2D eigenvalue weighted by atomic mass is 9.89. The van der Waals surface area contributed by atoms with E-state index in [4.69, 9.17) is 0 Å². The molecule has 1 saturated heterocycles. The molecule has 0 spiro atoms. The van der Waals surface area contributed by atoms with Gasteiger partial charge in [-0.25, -0.2) is 0 Å². The van der Waals surface area contributed by atoms with Gasteiger partial charge in [-0.05, 0) is 93.4 Å². The third-order valence-electron chi connectivity index (χ3n) is 8.06. The molecular formula is C30H46ClN3O. The van der Waals surface area contributed by atoms with Crippen LogP contribution in [0.3, 0.4) is 0 Å². The van der Waals surface area contributed by atoms with Crippen molar-refractivity contribution in [2.75, 3.05) is 46.3 Å². The van der Waals surface area contributed by atoms with Gasteiger partial charge in [-0.3, -0.25) is 4.79 Å². The van der Waals surface area contributed by atoms with Gasteiger partial charge in [-0.1, -0.05) is 61.7 Å². The van der Waals surface area contributed by atoms with E-state index in [1.54, 1.807) is 0 Å². The standard InChI is InChI=1S/C30H45N3O.ClH/c1-32(19-8-7-18-31-23-25-10-3-2-4-11-25)24-26-16-20-33(21-17-26)30(34)22-28-14-9-13-27-12-5-6-15-29(27)28;/h5-6,9,12-15,25-26,31H,2-4,7-8,10-11,16-24H2,1H3;1H. The smallest absolute Gasteiger partial charge is 0.227 e. The zero-order valence-electron chi connectivity index (χ0n) is 21.7.